The lowest BCUT2D eigenvalue weighted by molar-refractivity contribution is 0.318. The maximum Gasteiger partial charge on any atom is 0.104 e. The van der Waals surface area contributed by atoms with E-state index in [1.807, 2.05) is 0 Å². The molecule has 3 heteroatoms. The number of nitrogens with one attached hydrogen (secondary N) is 1. The van der Waals surface area contributed by atoms with Crippen molar-refractivity contribution in [2.24, 2.45) is 5.16 Å². The van der Waals surface area contributed by atoms with Crippen molar-refractivity contribution < 1.29 is 5.21 Å². The number of oxime groups is 1. The molecule has 1 aliphatic carbocycles. The van der Waals surface area contributed by atoms with E-state index < -0.39 is 0 Å². The molecule has 1 aromatic heterocycles. The average Bonchev–Trinajstić information content (AvgIpc) is 2.77. The van der Waals surface area contributed by atoms with Crippen LogP contribution in [0.25, 0.3) is 10.9 Å². The van der Waals surface area contributed by atoms with Gasteiger partial charge in [-0.2, -0.15) is 0 Å². The standard InChI is InChI=1S/C12H12N2O/c1-7-3-2-4-8-9-5-6-10(14-15)12(9)13-11(7)8/h2-4,13,15H,5-6H2,1H3. The maximum atomic E-state index is 8.88. The summed E-state index contributed by atoms with van der Waals surface area (Å²) in [6, 6.07) is 6.28. The van der Waals surface area contributed by atoms with Crippen molar-refractivity contribution >= 4 is 16.6 Å². The number of rotatable bonds is 0. The summed E-state index contributed by atoms with van der Waals surface area (Å²) in [6.07, 6.45) is 1.81. The van der Waals surface area contributed by atoms with Crippen LogP contribution in [0.5, 0.6) is 0 Å². The molecule has 0 amide bonds. The third-order valence-corrected chi connectivity index (χ3v) is 3.17. The predicted molar refractivity (Wildman–Crippen MR) is 59.7 cm³/mol. The van der Waals surface area contributed by atoms with Gasteiger partial charge >= 0.3 is 0 Å². The number of hydrogen-bond acceptors (Lipinski definition) is 2. The second-order valence-corrected chi connectivity index (χ2v) is 4.02. The van der Waals surface area contributed by atoms with Crippen LogP contribution in [0.2, 0.25) is 0 Å². The molecule has 1 heterocycles. The van der Waals surface area contributed by atoms with Crippen molar-refractivity contribution in [3.05, 3.63) is 35.0 Å². The molecule has 0 unspecified atom stereocenters. The first kappa shape index (κ1) is 8.53. The van der Waals surface area contributed by atoms with Gasteiger partial charge in [0.25, 0.3) is 0 Å². The number of aryl methyl sites for hydroxylation is 2. The Balaban J connectivity index is 2.39. The molecule has 15 heavy (non-hydrogen) atoms. The van der Waals surface area contributed by atoms with Crippen LogP contribution >= 0.6 is 0 Å². The number of para-hydroxylation sites is 1. The van der Waals surface area contributed by atoms with Gasteiger partial charge in [-0.1, -0.05) is 23.4 Å². The zero-order valence-electron chi connectivity index (χ0n) is 8.54. The minimum atomic E-state index is 0.778. The highest BCUT2D eigenvalue weighted by Crippen LogP contribution is 2.31. The smallest absolute Gasteiger partial charge is 0.104 e. The summed E-state index contributed by atoms with van der Waals surface area (Å²) in [6.45, 7) is 2.09. The molecule has 2 N–H and O–H groups in total. The van der Waals surface area contributed by atoms with Gasteiger partial charge in [-0.3, -0.25) is 0 Å². The van der Waals surface area contributed by atoms with E-state index in [0.29, 0.717) is 0 Å². The summed E-state index contributed by atoms with van der Waals surface area (Å²) in [4.78, 5) is 3.35. The van der Waals surface area contributed by atoms with Gasteiger partial charge in [-0.25, -0.2) is 0 Å². The van der Waals surface area contributed by atoms with E-state index in [-0.39, 0.29) is 0 Å². The summed E-state index contributed by atoms with van der Waals surface area (Å²) >= 11 is 0. The molecule has 3 rings (SSSR count). The fourth-order valence-corrected chi connectivity index (χ4v) is 2.39. The first-order valence-electron chi connectivity index (χ1n) is 5.12. The molecule has 0 spiro atoms. The van der Waals surface area contributed by atoms with Crippen molar-refractivity contribution in [3.63, 3.8) is 0 Å². The van der Waals surface area contributed by atoms with Gasteiger partial charge in [0.05, 0.1) is 5.69 Å². The van der Waals surface area contributed by atoms with Gasteiger partial charge in [0.15, 0.2) is 0 Å². The summed E-state index contributed by atoms with van der Waals surface area (Å²) in [5.41, 5.74) is 5.49. The Morgan fingerprint density at radius 3 is 3.00 bits per heavy atom. The van der Waals surface area contributed by atoms with Crippen LogP contribution in [0.3, 0.4) is 0 Å². The Morgan fingerprint density at radius 1 is 1.33 bits per heavy atom. The van der Waals surface area contributed by atoms with Gasteiger partial charge in [0, 0.05) is 10.9 Å². The summed E-state index contributed by atoms with van der Waals surface area (Å²) in [7, 11) is 0. The summed E-state index contributed by atoms with van der Waals surface area (Å²) in [5.74, 6) is 0. The molecule has 1 aromatic carbocycles. The highest BCUT2D eigenvalue weighted by Gasteiger charge is 2.23. The lowest BCUT2D eigenvalue weighted by Gasteiger charge is -1.96. The number of fused-ring (bicyclic) bond motifs is 3. The van der Waals surface area contributed by atoms with Crippen LogP contribution in [-0.2, 0) is 6.42 Å². The van der Waals surface area contributed by atoms with Crippen LogP contribution in [0.1, 0.15) is 23.2 Å². The fraction of sp³-hybridized carbons (Fsp3) is 0.250. The van der Waals surface area contributed by atoms with Gasteiger partial charge in [-0.05, 0) is 30.9 Å². The topological polar surface area (TPSA) is 48.4 Å². The third kappa shape index (κ3) is 1.03. The molecular formula is C12H12N2O. The zero-order chi connectivity index (χ0) is 10.4. The molecule has 0 bridgehead atoms. The Kier molecular flexibility index (Phi) is 1.63. The van der Waals surface area contributed by atoms with Crippen LogP contribution < -0.4 is 0 Å². The molecule has 0 fully saturated rings. The zero-order valence-corrected chi connectivity index (χ0v) is 8.54. The first-order chi connectivity index (χ1) is 7.31. The number of aromatic amines is 1. The van der Waals surface area contributed by atoms with E-state index in [9.17, 15) is 0 Å². The highest BCUT2D eigenvalue weighted by atomic mass is 16.4. The lowest BCUT2D eigenvalue weighted by atomic mass is 10.1. The molecule has 0 saturated heterocycles. The molecule has 0 saturated carbocycles. The van der Waals surface area contributed by atoms with Gasteiger partial charge in [0.2, 0.25) is 0 Å². The summed E-state index contributed by atoms with van der Waals surface area (Å²) in [5, 5.41) is 13.5. The second kappa shape index (κ2) is 2.86. The van der Waals surface area contributed by atoms with E-state index in [1.165, 1.54) is 22.0 Å². The molecule has 0 aliphatic heterocycles. The van der Waals surface area contributed by atoms with E-state index in [0.717, 1.165) is 24.2 Å². The Bertz CT molecular complexity index is 566. The maximum absolute atomic E-state index is 8.88. The van der Waals surface area contributed by atoms with Crippen LogP contribution in [0, 0.1) is 6.92 Å². The van der Waals surface area contributed by atoms with Crippen LogP contribution in [-0.4, -0.2) is 15.9 Å². The molecule has 0 atom stereocenters. The predicted octanol–water partition coefficient (Wildman–Crippen LogP) is 2.60. The Labute approximate surface area is 87.4 Å². The largest absolute Gasteiger partial charge is 0.411 e. The molecule has 0 radical (unpaired) electrons. The molecule has 3 nitrogen and oxygen atoms in total. The SMILES string of the molecule is Cc1cccc2c3c([nH]c12)C(=NO)CC3. The molecule has 1 aliphatic rings. The van der Waals surface area contributed by atoms with Crippen LogP contribution in [0.4, 0.5) is 0 Å². The Morgan fingerprint density at radius 2 is 2.20 bits per heavy atom. The second-order valence-electron chi connectivity index (χ2n) is 4.02. The van der Waals surface area contributed by atoms with Crippen LogP contribution in [0.15, 0.2) is 23.4 Å². The monoisotopic (exact) mass is 200 g/mol. The van der Waals surface area contributed by atoms with Crippen molar-refractivity contribution in [1.29, 1.82) is 0 Å². The first-order valence-corrected chi connectivity index (χ1v) is 5.12. The van der Waals surface area contributed by atoms with Crippen molar-refractivity contribution in [3.8, 4) is 0 Å². The normalized spacial score (nSPS) is 17.5. The van der Waals surface area contributed by atoms with Crippen molar-refractivity contribution in [2.75, 3.05) is 0 Å². The molecular weight excluding hydrogens is 188 g/mol. The van der Waals surface area contributed by atoms with Gasteiger partial charge < -0.3 is 10.2 Å². The Hall–Kier alpha value is -1.77. The number of benzene rings is 1. The van der Waals surface area contributed by atoms with Gasteiger partial charge in [0.1, 0.15) is 5.71 Å². The van der Waals surface area contributed by atoms with E-state index in [1.54, 1.807) is 0 Å². The number of hydrogen-bond donors (Lipinski definition) is 2. The highest BCUT2D eigenvalue weighted by molar-refractivity contribution is 6.08. The van der Waals surface area contributed by atoms with E-state index >= 15 is 0 Å². The van der Waals surface area contributed by atoms with E-state index in [4.69, 9.17) is 5.21 Å². The summed E-state index contributed by atoms with van der Waals surface area (Å²) < 4.78 is 0. The minimum absolute atomic E-state index is 0.778. The molecule has 2 aromatic rings. The number of nitrogens with zero attached hydrogens (tertiary/aromatic N) is 1. The van der Waals surface area contributed by atoms with E-state index in [2.05, 4.69) is 35.3 Å². The minimum Gasteiger partial charge on any atom is -0.411 e. The van der Waals surface area contributed by atoms with Crippen molar-refractivity contribution in [1.82, 2.24) is 4.98 Å². The third-order valence-electron chi connectivity index (χ3n) is 3.17. The fourth-order valence-electron chi connectivity index (χ4n) is 2.39. The number of H-pyrrole nitrogens is 1. The quantitative estimate of drug-likeness (QED) is 0.498. The van der Waals surface area contributed by atoms with Crippen molar-refractivity contribution in [2.45, 2.75) is 19.8 Å². The number of aromatic nitrogens is 1. The van der Waals surface area contributed by atoms with Gasteiger partial charge in [-0.15, -0.1) is 0 Å². The molecule has 76 valence electrons. The lowest BCUT2D eigenvalue weighted by Crippen LogP contribution is -1.94. The average molecular weight is 200 g/mol.